The van der Waals surface area contributed by atoms with E-state index in [1.54, 1.807) is 59.1 Å². The maximum atomic E-state index is 14.4. The molecule has 162 valence electrons. The molecule has 0 bridgehead atoms. The molecule has 1 amide bonds. The summed E-state index contributed by atoms with van der Waals surface area (Å²) in [6, 6.07) is 12.6. The summed E-state index contributed by atoms with van der Waals surface area (Å²) in [4.78, 5) is 15.2. The number of benzene rings is 2. The molecule has 0 saturated heterocycles. The number of hydrogen-bond acceptors (Lipinski definition) is 4. The lowest BCUT2D eigenvalue weighted by Crippen LogP contribution is -2.30. The van der Waals surface area contributed by atoms with E-state index in [0.717, 1.165) is 42.3 Å². The van der Waals surface area contributed by atoms with Gasteiger partial charge in [0.15, 0.2) is 15.5 Å². The SMILES string of the molecule is CC(c1ccc(S(C)(=O)=O)cc1)N(C)C(=O)c1nn(-c2ccccc2F)c2c1CCC2. The van der Waals surface area contributed by atoms with Crippen LogP contribution in [-0.4, -0.2) is 42.3 Å². The second kappa shape index (κ2) is 7.92. The summed E-state index contributed by atoms with van der Waals surface area (Å²) < 4.78 is 39.3. The topological polar surface area (TPSA) is 72.3 Å². The van der Waals surface area contributed by atoms with Gasteiger partial charge in [0, 0.05) is 24.6 Å². The number of aromatic nitrogens is 2. The first-order chi connectivity index (χ1) is 14.7. The van der Waals surface area contributed by atoms with Crippen LogP contribution in [0.5, 0.6) is 0 Å². The van der Waals surface area contributed by atoms with Crippen LogP contribution in [0.4, 0.5) is 4.39 Å². The van der Waals surface area contributed by atoms with Gasteiger partial charge >= 0.3 is 0 Å². The normalized spacial score (nSPS) is 14.3. The summed E-state index contributed by atoms with van der Waals surface area (Å²) in [5.41, 5.74) is 3.25. The third-order valence-corrected chi connectivity index (χ3v) is 7.03. The lowest BCUT2D eigenvalue weighted by Gasteiger charge is -2.25. The van der Waals surface area contributed by atoms with Crippen LogP contribution in [0.25, 0.3) is 5.69 Å². The number of amides is 1. The highest BCUT2D eigenvalue weighted by molar-refractivity contribution is 7.90. The summed E-state index contributed by atoms with van der Waals surface area (Å²) in [5.74, 6) is -0.626. The highest BCUT2D eigenvalue weighted by Gasteiger charge is 2.30. The van der Waals surface area contributed by atoms with Gasteiger partial charge < -0.3 is 4.90 Å². The van der Waals surface area contributed by atoms with Gasteiger partial charge in [0.2, 0.25) is 0 Å². The van der Waals surface area contributed by atoms with Crippen molar-refractivity contribution in [2.75, 3.05) is 13.3 Å². The molecule has 1 heterocycles. The number of hydrogen-bond donors (Lipinski definition) is 0. The molecule has 0 spiro atoms. The van der Waals surface area contributed by atoms with Gasteiger partial charge in [-0.05, 0) is 56.0 Å². The lowest BCUT2D eigenvalue weighted by atomic mass is 10.1. The van der Waals surface area contributed by atoms with Gasteiger partial charge in [-0.2, -0.15) is 5.10 Å². The first kappa shape index (κ1) is 21.2. The van der Waals surface area contributed by atoms with Crippen molar-refractivity contribution in [2.24, 2.45) is 0 Å². The maximum absolute atomic E-state index is 14.4. The molecule has 31 heavy (non-hydrogen) atoms. The van der Waals surface area contributed by atoms with Gasteiger partial charge in [0.1, 0.15) is 11.5 Å². The second-order valence-corrected chi connectivity index (χ2v) is 9.94. The molecule has 1 atom stereocenters. The van der Waals surface area contributed by atoms with Crippen molar-refractivity contribution < 1.29 is 17.6 Å². The maximum Gasteiger partial charge on any atom is 0.274 e. The van der Waals surface area contributed by atoms with Crippen molar-refractivity contribution in [3.05, 3.63) is 76.9 Å². The van der Waals surface area contributed by atoms with Crippen molar-refractivity contribution >= 4 is 15.7 Å². The Bertz CT molecular complexity index is 1250. The first-order valence-electron chi connectivity index (χ1n) is 10.1. The minimum Gasteiger partial charge on any atom is -0.334 e. The smallest absolute Gasteiger partial charge is 0.274 e. The summed E-state index contributed by atoms with van der Waals surface area (Å²) in [5, 5.41) is 4.51. The zero-order valence-electron chi connectivity index (χ0n) is 17.7. The van der Waals surface area contributed by atoms with E-state index in [2.05, 4.69) is 5.10 Å². The van der Waals surface area contributed by atoms with Gasteiger partial charge in [-0.3, -0.25) is 4.79 Å². The number of sulfone groups is 1. The zero-order chi connectivity index (χ0) is 22.3. The highest BCUT2D eigenvalue weighted by atomic mass is 32.2. The molecule has 4 rings (SSSR count). The number of rotatable bonds is 5. The fourth-order valence-corrected chi connectivity index (χ4v) is 4.62. The van der Waals surface area contributed by atoms with E-state index in [-0.39, 0.29) is 22.7 Å². The molecule has 0 N–H and O–H groups in total. The highest BCUT2D eigenvalue weighted by Crippen LogP contribution is 2.31. The molecular weight excluding hydrogens is 417 g/mol. The molecule has 2 aromatic carbocycles. The van der Waals surface area contributed by atoms with E-state index in [1.807, 2.05) is 6.92 Å². The zero-order valence-corrected chi connectivity index (χ0v) is 18.5. The minimum absolute atomic E-state index is 0.235. The molecule has 3 aromatic rings. The molecule has 0 fully saturated rings. The third kappa shape index (κ3) is 3.87. The Morgan fingerprint density at radius 1 is 1.13 bits per heavy atom. The molecule has 0 saturated carbocycles. The standard InChI is InChI=1S/C23H24FN3O3S/c1-15(16-11-13-17(14-12-16)31(3,29)30)26(2)23(28)22-18-7-6-10-20(18)27(25-22)21-9-5-4-8-19(21)24/h4-5,8-9,11-15H,6-7,10H2,1-3H3. The van der Waals surface area contributed by atoms with E-state index in [1.165, 1.54) is 6.07 Å². The molecule has 1 unspecified atom stereocenters. The number of carbonyl (C=O) groups is 1. The quantitative estimate of drug-likeness (QED) is 0.605. The van der Waals surface area contributed by atoms with E-state index >= 15 is 0 Å². The largest absolute Gasteiger partial charge is 0.334 e. The molecule has 0 radical (unpaired) electrons. The van der Waals surface area contributed by atoms with Crippen molar-refractivity contribution in [1.29, 1.82) is 0 Å². The number of para-hydroxylation sites is 1. The van der Waals surface area contributed by atoms with Crippen LogP contribution >= 0.6 is 0 Å². The van der Waals surface area contributed by atoms with Crippen LogP contribution in [0.2, 0.25) is 0 Å². The molecule has 1 aromatic heterocycles. The average molecular weight is 442 g/mol. The fourth-order valence-electron chi connectivity index (χ4n) is 3.99. The van der Waals surface area contributed by atoms with E-state index < -0.39 is 9.84 Å². The molecule has 8 heteroatoms. The number of carbonyl (C=O) groups excluding carboxylic acids is 1. The van der Waals surface area contributed by atoms with Crippen molar-refractivity contribution in [1.82, 2.24) is 14.7 Å². The summed E-state index contributed by atoms with van der Waals surface area (Å²) >= 11 is 0. The summed E-state index contributed by atoms with van der Waals surface area (Å²) in [6.45, 7) is 1.88. The van der Waals surface area contributed by atoms with Gasteiger partial charge in [-0.15, -0.1) is 0 Å². The fraction of sp³-hybridized carbons (Fsp3) is 0.304. The van der Waals surface area contributed by atoms with Crippen molar-refractivity contribution in [3.8, 4) is 5.69 Å². The predicted molar refractivity (Wildman–Crippen MR) is 116 cm³/mol. The van der Waals surface area contributed by atoms with Gasteiger partial charge in [0.25, 0.3) is 5.91 Å². The Morgan fingerprint density at radius 3 is 2.45 bits per heavy atom. The third-order valence-electron chi connectivity index (χ3n) is 5.91. The minimum atomic E-state index is -3.28. The monoisotopic (exact) mass is 441 g/mol. The van der Waals surface area contributed by atoms with Gasteiger partial charge in [0.05, 0.1) is 10.9 Å². The van der Waals surface area contributed by atoms with Crippen LogP contribution in [0.15, 0.2) is 53.4 Å². The average Bonchev–Trinajstić information content (AvgIpc) is 3.35. The second-order valence-electron chi connectivity index (χ2n) is 7.92. The molecule has 0 aliphatic heterocycles. The summed E-state index contributed by atoms with van der Waals surface area (Å²) in [7, 11) is -1.59. The van der Waals surface area contributed by atoms with E-state index in [9.17, 15) is 17.6 Å². The van der Waals surface area contributed by atoms with Crippen molar-refractivity contribution in [2.45, 2.75) is 37.1 Å². The van der Waals surface area contributed by atoms with Crippen molar-refractivity contribution in [3.63, 3.8) is 0 Å². The van der Waals surface area contributed by atoms with Crippen LogP contribution in [0.1, 0.15) is 46.7 Å². The number of nitrogens with zero attached hydrogens (tertiary/aromatic N) is 3. The number of fused-ring (bicyclic) bond motifs is 1. The van der Waals surface area contributed by atoms with Gasteiger partial charge in [-0.25, -0.2) is 17.5 Å². The lowest BCUT2D eigenvalue weighted by molar-refractivity contribution is 0.0735. The Hall–Kier alpha value is -3.00. The Labute approximate surface area is 181 Å². The molecular formula is C23H24FN3O3S. The molecule has 1 aliphatic rings. The first-order valence-corrected chi connectivity index (χ1v) is 12.0. The van der Waals surface area contributed by atoms with E-state index in [0.29, 0.717) is 11.4 Å². The molecule has 6 nitrogen and oxygen atoms in total. The Balaban J connectivity index is 1.65. The Morgan fingerprint density at radius 2 is 1.81 bits per heavy atom. The van der Waals surface area contributed by atoms with Crippen LogP contribution < -0.4 is 0 Å². The van der Waals surface area contributed by atoms with Gasteiger partial charge in [-0.1, -0.05) is 24.3 Å². The van der Waals surface area contributed by atoms with E-state index in [4.69, 9.17) is 0 Å². The Kier molecular flexibility index (Phi) is 5.43. The van der Waals surface area contributed by atoms with Crippen LogP contribution in [0.3, 0.4) is 0 Å². The number of halogens is 1. The summed E-state index contributed by atoms with van der Waals surface area (Å²) in [6.07, 6.45) is 3.54. The predicted octanol–water partition coefficient (Wildman–Crippen LogP) is 3.74. The van der Waals surface area contributed by atoms with Crippen LogP contribution in [0, 0.1) is 5.82 Å². The molecule has 1 aliphatic carbocycles. The van der Waals surface area contributed by atoms with Crippen LogP contribution in [-0.2, 0) is 22.7 Å².